The van der Waals surface area contributed by atoms with Crippen LogP contribution in [0.25, 0.3) is 0 Å². The van der Waals surface area contributed by atoms with Gasteiger partial charge in [0.1, 0.15) is 0 Å². The van der Waals surface area contributed by atoms with Gasteiger partial charge in [-0.15, -0.1) is 0 Å². The molecule has 0 aromatic rings. The van der Waals surface area contributed by atoms with E-state index in [-0.39, 0.29) is 12.5 Å². The van der Waals surface area contributed by atoms with Crippen LogP contribution in [0.4, 0.5) is 13.2 Å². The van der Waals surface area contributed by atoms with Gasteiger partial charge in [0.15, 0.2) is 0 Å². The normalized spacial score (nSPS) is 14.8. The Morgan fingerprint density at radius 3 is 2.21 bits per heavy atom. The van der Waals surface area contributed by atoms with Crippen molar-refractivity contribution in [3.63, 3.8) is 0 Å². The second-order valence-corrected chi connectivity index (χ2v) is 3.99. The molecule has 0 radical (unpaired) electrons. The molecule has 14 heavy (non-hydrogen) atoms. The molecule has 0 aliphatic rings. The molecule has 0 spiro atoms. The molecule has 0 aliphatic carbocycles. The second kappa shape index (κ2) is 6.56. The lowest BCUT2D eigenvalue weighted by atomic mass is 9.99. The minimum absolute atomic E-state index is 0.228. The summed E-state index contributed by atoms with van der Waals surface area (Å²) in [5.41, 5.74) is 0. The Kier molecular flexibility index (Phi) is 6.61. The Morgan fingerprint density at radius 1 is 1.29 bits per heavy atom. The van der Waals surface area contributed by atoms with Gasteiger partial charge in [-0.3, -0.25) is 0 Å². The highest BCUT2D eigenvalue weighted by Crippen LogP contribution is 2.19. The first-order valence-electron chi connectivity index (χ1n) is 4.62. The first kappa shape index (κ1) is 14.1. The Labute approximate surface area is 88.4 Å². The average molecular weight is 230 g/mol. The van der Waals surface area contributed by atoms with Gasteiger partial charge in [-0.1, -0.05) is 13.8 Å². The first-order chi connectivity index (χ1) is 6.37. The zero-order valence-electron chi connectivity index (χ0n) is 8.47. The average Bonchev–Trinajstić information content (AvgIpc) is 2.01. The van der Waals surface area contributed by atoms with E-state index in [1.807, 2.05) is 13.8 Å². The summed E-state index contributed by atoms with van der Waals surface area (Å²) in [6.45, 7) is 4.12. The maximum atomic E-state index is 11.7. The standard InChI is InChI=1S/C9H17F3OS/c1-7(2)8(6-14)5-13-4-3-9(10,11)12/h7-8,14H,3-6H2,1-2H3. The van der Waals surface area contributed by atoms with E-state index in [9.17, 15) is 13.2 Å². The van der Waals surface area contributed by atoms with Crippen LogP contribution in [0.3, 0.4) is 0 Å². The highest BCUT2D eigenvalue weighted by atomic mass is 32.1. The lowest BCUT2D eigenvalue weighted by Gasteiger charge is -2.18. The van der Waals surface area contributed by atoms with Gasteiger partial charge in [0.25, 0.3) is 0 Å². The molecule has 5 heteroatoms. The summed E-state index contributed by atoms with van der Waals surface area (Å²) in [5, 5.41) is 0. The molecule has 0 rings (SSSR count). The number of thiol groups is 1. The summed E-state index contributed by atoms with van der Waals surface area (Å²) in [4.78, 5) is 0. The highest BCUT2D eigenvalue weighted by Gasteiger charge is 2.26. The SMILES string of the molecule is CC(C)C(CS)COCCC(F)(F)F. The molecule has 0 N–H and O–H groups in total. The van der Waals surface area contributed by atoms with Crippen molar-refractivity contribution >= 4 is 12.6 Å². The number of hydrogen-bond acceptors (Lipinski definition) is 2. The van der Waals surface area contributed by atoms with Crippen molar-refractivity contribution in [3.05, 3.63) is 0 Å². The molecule has 1 atom stereocenters. The van der Waals surface area contributed by atoms with E-state index < -0.39 is 12.6 Å². The molecular formula is C9H17F3OS. The third-order valence-electron chi connectivity index (χ3n) is 2.04. The fraction of sp³-hybridized carbons (Fsp3) is 1.00. The molecule has 0 aromatic heterocycles. The molecule has 0 amide bonds. The van der Waals surface area contributed by atoms with E-state index in [1.165, 1.54) is 0 Å². The van der Waals surface area contributed by atoms with Gasteiger partial charge in [0, 0.05) is 0 Å². The fourth-order valence-corrected chi connectivity index (χ4v) is 1.41. The van der Waals surface area contributed by atoms with Crippen molar-refractivity contribution in [2.45, 2.75) is 26.4 Å². The number of alkyl halides is 3. The molecular weight excluding hydrogens is 213 g/mol. The Hall–Kier alpha value is 0.100. The van der Waals surface area contributed by atoms with Crippen LogP contribution in [0.1, 0.15) is 20.3 Å². The van der Waals surface area contributed by atoms with Crippen LogP contribution in [0.2, 0.25) is 0 Å². The molecule has 0 saturated carbocycles. The lowest BCUT2D eigenvalue weighted by Crippen LogP contribution is -2.20. The molecule has 86 valence electrons. The largest absolute Gasteiger partial charge is 0.391 e. The predicted molar refractivity (Wildman–Crippen MR) is 53.7 cm³/mol. The van der Waals surface area contributed by atoms with Crippen LogP contribution in [0, 0.1) is 11.8 Å². The van der Waals surface area contributed by atoms with Crippen LogP contribution >= 0.6 is 12.6 Å². The highest BCUT2D eigenvalue weighted by molar-refractivity contribution is 7.80. The summed E-state index contributed by atoms with van der Waals surface area (Å²) in [7, 11) is 0. The summed E-state index contributed by atoms with van der Waals surface area (Å²) in [6.07, 6.45) is -4.99. The first-order valence-corrected chi connectivity index (χ1v) is 5.25. The minimum atomic E-state index is -4.12. The van der Waals surface area contributed by atoms with Crippen molar-refractivity contribution in [3.8, 4) is 0 Å². The third-order valence-corrected chi connectivity index (χ3v) is 2.51. The van der Waals surface area contributed by atoms with E-state index in [0.717, 1.165) is 0 Å². The van der Waals surface area contributed by atoms with Gasteiger partial charge in [0.2, 0.25) is 0 Å². The van der Waals surface area contributed by atoms with Crippen LogP contribution in [-0.2, 0) is 4.74 Å². The van der Waals surface area contributed by atoms with E-state index in [1.54, 1.807) is 0 Å². The molecule has 0 fully saturated rings. The van der Waals surface area contributed by atoms with Crippen molar-refractivity contribution < 1.29 is 17.9 Å². The maximum absolute atomic E-state index is 11.7. The van der Waals surface area contributed by atoms with Gasteiger partial charge >= 0.3 is 6.18 Å². The molecule has 0 aromatic carbocycles. The van der Waals surface area contributed by atoms with Gasteiger partial charge in [0.05, 0.1) is 19.6 Å². The van der Waals surface area contributed by atoms with Gasteiger partial charge in [-0.05, 0) is 17.6 Å². The van der Waals surface area contributed by atoms with Crippen LogP contribution in [-0.4, -0.2) is 25.1 Å². The monoisotopic (exact) mass is 230 g/mol. The number of ether oxygens (including phenoxy) is 1. The van der Waals surface area contributed by atoms with E-state index in [4.69, 9.17) is 4.74 Å². The van der Waals surface area contributed by atoms with E-state index >= 15 is 0 Å². The lowest BCUT2D eigenvalue weighted by molar-refractivity contribution is -0.146. The second-order valence-electron chi connectivity index (χ2n) is 3.63. The summed E-state index contributed by atoms with van der Waals surface area (Å²) in [6, 6.07) is 0. The molecule has 0 aliphatic heterocycles. The van der Waals surface area contributed by atoms with E-state index in [2.05, 4.69) is 12.6 Å². The number of hydrogen-bond donors (Lipinski definition) is 1. The Bertz CT molecular complexity index is 147. The van der Waals surface area contributed by atoms with Gasteiger partial charge in [-0.25, -0.2) is 0 Å². The van der Waals surface area contributed by atoms with Gasteiger partial charge < -0.3 is 4.74 Å². The van der Waals surface area contributed by atoms with Crippen molar-refractivity contribution in [1.29, 1.82) is 0 Å². The molecule has 0 heterocycles. The van der Waals surface area contributed by atoms with Crippen LogP contribution in [0.5, 0.6) is 0 Å². The van der Waals surface area contributed by atoms with Crippen LogP contribution in [0.15, 0.2) is 0 Å². The zero-order valence-corrected chi connectivity index (χ0v) is 9.37. The molecule has 1 unspecified atom stereocenters. The summed E-state index contributed by atoms with van der Waals surface area (Å²) in [5.74, 6) is 1.26. The zero-order chi connectivity index (χ0) is 11.2. The van der Waals surface area contributed by atoms with Crippen LogP contribution < -0.4 is 0 Å². The van der Waals surface area contributed by atoms with Crippen molar-refractivity contribution in [2.75, 3.05) is 19.0 Å². The predicted octanol–water partition coefficient (Wildman–Crippen LogP) is 3.16. The fourth-order valence-electron chi connectivity index (χ4n) is 0.879. The number of rotatable bonds is 6. The third kappa shape index (κ3) is 7.50. The quantitative estimate of drug-likeness (QED) is 0.544. The Morgan fingerprint density at radius 2 is 1.86 bits per heavy atom. The van der Waals surface area contributed by atoms with Crippen molar-refractivity contribution in [1.82, 2.24) is 0 Å². The maximum Gasteiger partial charge on any atom is 0.391 e. The van der Waals surface area contributed by atoms with Crippen molar-refractivity contribution in [2.24, 2.45) is 11.8 Å². The summed E-state index contributed by atoms with van der Waals surface area (Å²) >= 11 is 4.11. The number of halogens is 3. The molecule has 0 saturated heterocycles. The smallest absolute Gasteiger partial charge is 0.381 e. The minimum Gasteiger partial charge on any atom is -0.381 e. The van der Waals surface area contributed by atoms with Gasteiger partial charge in [-0.2, -0.15) is 25.8 Å². The molecule has 1 nitrogen and oxygen atoms in total. The molecule has 0 bridgehead atoms. The summed E-state index contributed by atoms with van der Waals surface area (Å²) < 4.78 is 40.1. The Balaban J connectivity index is 3.52. The van der Waals surface area contributed by atoms with E-state index in [0.29, 0.717) is 18.3 Å². The topological polar surface area (TPSA) is 9.23 Å².